The third-order valence-corrected chi connectivity index (χ3v) is 2.03. The van der Waals surface area contributed by atoms with E-state index in [0.717, 1.165) is 23.7 Å². The minimum atomic E-state index is 0.757. The van der Waals surface area contributed by atoms with Crippen molar-refractivity contribution in [1.82, 2.24) is 0 Å². The van der Waals surface area contributed by atoms with Gasteiger partial charge in [0.05, 0.1) is 7.11 Å². The lowest BCUT2D eigenvalue weighted by molar-refractivity contribution is 0.368. The van der Waals surface area contributed by atoms with Gasteiger partial charge in [-0.2, -0.15) is 0 Å². The molecule has 1 aromatic rings. The number of hydrogen-bond donors (Lipinski definition) is 0. The highest BCUT2D eigenvalue weighted by Crippen LogP contribution is 2.28. The van der Waals surface area contributed by atoms with Gasteiger partial charge in [-0.25, -0.2) is 0 Å². The van der Waals surface area contributed by atoms with Gasteiger partial charge in [-0.1, -0.05) is 18.2 Å². The van der Waals surface area contributed by atoms with E-state index in [1.54, 1.807) is 7.11 Å². The predicted octanol–water partition coefficient (Wildman–Crippen LogP) is 2.92. The SMILES string of the molecule is COc1ccccc1OC1=CCC=C1. The lowest BCUT2D eigenvalue weighted by Crippen LogP contribution is -1.93. The minimum Gasteiger partial charge on any atom is -0.493 e. The zero-order chi connectivity index (χ0) is 9.80. The monoisotopic (exact) mass is 188 g/mol. The number of rotatable bonds is 3. The quantitative estimate of drug-likeness (QED) is 0.726. The maximum absolute atomic E-state index is 5.65. The third kappa shape index (κ3) is 1.79. The fourth-order valence-electron chi connectivity index (χ4n) is 1.34. The molecule has 0 radical (unpaired) electrons. The summed E-state index contributed by atoms with van der Waals surface area (Å²) >= 11 is 0. The lowest BCUT2D eigenvalue weighted by Gasteiger charge is -2.08. The molecule has 0 bridgehead atoms. The van der Waals surface area contributed by atoms with Crippen molar-refractivity contribution in [3.05, 3.63) is 48.3 Å². The average molecular weight is 188 g/mol. The summed E-state index contributed by atoms with van der Waals surface area (Å²) in [5.41, 5.74) is 0. The highest BCUT2D eigenvalue weighted by Gasteiger charge is 2.05. The Kier molecular flexibility index (Phi) is 2.54. The number of benzene rings is 1. The predicted molar refractivity (Wildman–Crippen MR) is 55.5 cm³/mol. The van der Waals surface area contributed by atoms with E-state index >= 15 is 0 Å². The summed E-state index contributed by atoms with van der Waals surface area (Å²) in [5, 5.41) is 0. The maximum atomic E-state index is 5.65. The van der Waals surface area contributed by atoms with Crippen LogP contribution < -0.4 is 9.47 Å². The molecule has 0 saturated carbocycles. The summed E-state index contributed by atoms with van der Waals surface area (Å²) in [7, 11) is 1.64. The summed E-state index contributed by atoms with van der Waals surface area (Å²) in [6.07, 6.45) is 7.01. The molecule has 0 amide bonds. The molecule has 0 saturated heterocycles. The second-order valence-corrected chi connectivity index (χ2v) is 3.00. The molecule has 1 aromatic carbocycles. The van der Waals surface area contributed by atoms with Crippen LogP contribution in [0, 0.1) is 0 Å². The number of ether oxygens (including phenoxy) is 2. The van der Waals surface area contributed by atoms with E-state index in [0.29, 0.717) is 0 Å². The first kappa shape index (κ1) is 8.88. The van der Waals surface area contributed by atoms with Gasteiger partial charge in [0.2, 0.25) is 0 Å². The van der Waals surface area contributed by atoms with E-state index in [2.05, 4.69) is 6.08 Å². The molecule has 1 aliphatic carbocycles. The van der Waals surface area contributed by atoms with E-state index in [1.165, 1.54) is 0 Å². The van der Waals surface area contributed by atoms with Crippen LogP contribution in [-0.2, 0) is 0 Å². The Hall–Kier alpha value is -1.70. The first-order valence-corrected chi connectivity index (χ1v) is 4.58. The zero-order valence-corrected chi connectivity index (χ0v) is 8.07. The topological polar surface area (TPSA) is 18.5 Å². The van der Waals surface area contributed by atoms with Crippen LogP contribution in [0.25, 0.3) is 0 Å². The van der Waals surface area contributed by atoms with Crippen molar-refractivity contribution in [3.63, 3.8) is 0 Å². The number of hydrogen-bond acceptors (Lipinski definition) is 2. The van der Waals surface area contributed by atoms with Gasteiger partial charge in [-0.05, 0) is 30.7 Å². The van der Waals surface area contributed by atoms with E-state index in [9.17, 15) is 0 Å². The molecule has 14 heavy (non-hydrogen) atoms. The number of para-hydroxylation sites is 2. The molecule has 2 rings (SSSR count). The Bertz CT molecular complexity index is 378. The molecule has 2 nitrogen and oxygen atoms in total. The lowest BCUT2D eigenvalue weighted by atomic mass is 10.3. The molecule has 1 aliphatic rings. The fourth-order valence-corrected chi connectivity index (χ4v) is 1.34. The summed E-state index contributed by atoms with van der Waals surface area (Å²) in [6, 6.07) is 7.63. The Labute approximate surface area is 83.5 Å². The van der Waals surface area contributed by atoms with Crippen LogP contribution in [0.1, 0.15) is 6.42 Å². The van der Waals surface area contributed by atoms with Gasteiger partial charge < -0.3 is 9.47 Å². The van der Waals surface area contributed by atoms with Crippen molar-refractivity contribution in [2.75, 3.05) is 7.11 Å². The Morgan fingerprint density at radius 1 is 1.14 bits per heavy atom. The minimum absolute atomic E-state index is 0.757. The second kappa shape index (κ2) is 4.01. The van der Waals surface area contributed by atoms with Crippen LogP contribution in [0.4, 0.5) is 0 Å². The van der Waals surface area contributed by atoms with Gasteiger partial charge in [0.1, 0.15) is 5.76 Å². The highest BCUT2D eigenvalue weighted by atomic mass is 16.5. The first-order chi connectivity index (χ1) is 6.90. The Morgan fingerprint density at radius 3 is 2.57 bits per heavy atom. The van der Waals surface area contributed by atoms with Crippen molar-refractivity contribution >= 4 is 0 Å². The molecular formula is C12H12O2. The Morgan fingerprint density at radius 2 is 1.93 bits per heavy atom. The van der Waals surface area contributed by atoms with Crippen molar-refractivity contribution < 1.29 is 9.47 Å². The van der Waals surface area contributed by atoms with E-state index in [1.807, 2.05) is 36.4 Å². The molecule has 72 valence electrons. The number of methoxy groups -OCH3 is 1. The summed E-state index contributed by atoms with van der Waals surface area (Å²) in [6.45, 7) is 0. The van der Waals surface area contributed by atoms with Crippen LogP contribution in [0.15, 0.2) is 48.3 Å². The van der Waals surface area contributed by atoms with Gasteiger partial charge in [0.25, 0.3) is 0 Å². The van der Waals surface area contributed by atoms with Gasteiger partial charge >= 0.3 is 0 Å². The van der Waals surface area contributed by atoms with Gasteiger partial charge in [0, 0.05) is 0 Å². The fraction of sp³-hybridized carbons (Fsp3) is 0.167. The van der Waals surface area contributed by atoms with Crippen LogP contribution in [0.2, 0.25) is 0 Å². The van der Waals surface area contributed by atoms with Gasteiger partial charge in [-0.15, -0.1) is 0 Å². The number of allylic oxidation sites excluding steroid dienone is 3. The van der Waals surface area contributed by atoms with Crippen molar-refractivity contribution in [3.8, 4) is 11.5 Å². The zero-order valence-electron chi connectivity index (χ0n) is 8.07. The van der Waals surface area contributed by atoms with Crippen molar-refractivity contribution in [1.29, 1.82) is 0 Å². The summed E-state index contributed by atoms with van der Waals surface area (Å²) < 4.78 is 10.8. The van der Waals surface area contributed by atoms with Crippen LogP contribution in [0.5, 0.6) is 11.5 Å². The van der Waals surface area contributed by atoms with Gasteiger partial charge in [0.15, 0.2) is 11.5 Å². The largest absolute Gasteiger partial charge is 0.493 e. The Balaban J connectivity index is 2.19. The molecule has 0 aliphatic heterocycles. The van der Waals surface area contributed by atoms with Crippen LogP contribution in [0.3, 0.4) is 0 Å². The summed E-state index contributed by atoms with van der Waals surface area (Å²) in [5.74, 6) is 2.40. The molecule has 0 N–H and O–H groups in total. The molecule has 0 unspecified atom stereocenters. The average Bonchev–Trinajstić information content (AvgIpc) is 2.71. The molecule has 2 heteroatoms. The maximum Gasteiger partial charge on any atom is 0.169 e. The van der Waals surface area contributed by atoms with E-state index < -0.39 is 0 Å². The second-order valence-electron chi connectivity index (χ2n) is 3.00. The van der Waals surface area contributed by atoms with Crippen molar-refractivity contribution in [2.24, 2.45) is 0 Å². The highest BCUT2D eigenvalue weighted by molar-refractivity contribution is 5.41. The van der Waals surface area contributed by atoms with Crippen LogP contribution in [-0.4, -0.2) is 7.11 Å². The summed E-state index contributed by atoms with van der Waals surface area (Å²) in [4.78, 5) is 0. The smallest absolute Gasteiger partial charge is 0.169 e. The molecule has 0 aromatic heterocycles. The van der Waals surface area contributed by atoms with Crippen molar-refractivity contribution in [2.45, 2.75) is 6.42 Å². The molecule has 0 atom stereocenters. The molecule has 0 heterocycles. The standard InChI is InChI=1S/C12H12O2/c1-13-11-8-4-5-9-12(11)14-10-6-2-3-7-10/h2,4-9H,3H2,1H3. The first-order valence-electron chi connectivity index (χ1n) is 4.58. The van der Waals surface area contributed by atoms with E-state index in [4.69, 9.17) is 9.47 Å². The molecule has 0 fully saturated rings. The van der Waals surface area contributed by atoms with Crippen LogP contribution >= 0.6 is 0 Å². The third-order valence-electron chi connectivity index (χ3n) is 2.03. The van der Waals surface area contributed by atoms with Gasteiger partial charge in [-0.3, -0.25) is 0 Å². The van der Waals surface area contributed by atoms with E-state index in [-0.39, 0.29) is 0 Å². The molecular weight excluding hydrogens is 176 g/mol. The normalized spacial score (nSPS) is 13.9. The molecule has 0 spiro atoms.